The number of halogens is 1. The minimum absolute atomic E-state index is 0.232. The van der Waals surface area contributed by atoms with Gasteiger partial charge in [0.2, 0.25) is 0 Å². The zero-order valence-corrected chi connectivity index (χ0v) is 12.6. The second kappa shape index (κ2) is 6.45. The zero-order chi connectivity index (χ0) is 13.0. The Labute approximate surface area is 120 Å². The third-order valence-corrected chi connectivity index (χ3v) is 4.19. The fourth-order valence-corrected chi connectivity index (χ4v) is 2.68. The van der Waals surface area contributed by atoms with Gasteiger partial charge in [-0.15, -0.1) is 0 Å². The van der Waals surface area contributed by atoms with Gasteiger partial charge in [-0.3, -0.25) is 0 Å². The maximum atomic E-state index is 5.81. The third kappa shape index (κ3) is 3.90. The summed E-state index contributed by atoms with van der Waals surface area (Å²) in [5, 5.41) is 0. The summed E-state index contributed by atoms with van der Waals surface area (Å²) in [7, 11) is 0. The van der Waals surface area contributed by atoms with E-state index in [9.17, 15) is 0 Å². The van der Waals surface area contributed by atoms with Crippen molar-refractivity contribution in [3.8, 4) is 11.3 Å². The predicted octanol–water partition coefficient (Wildman–Crippen LogP) is 4.29. The molecule has 2 rings (SSSR count). The number of thioether (sulfide) groups is 1. The van der Waals surface area contributed by atoms with Crippen LogP contribution in [0.15, 0.2) is 45.3 Å². The summed E-state index contributed by atoms with van der Waals surface area (Å²) < 4.78 is 6.89. The molecule has 2 nitrogen and oxygen atoms in total. The number of hydrogen-bond acceptors (Lipinski definition) is 3. The first-order chi connectivity index (χ1) is 8.65. The van der Waals surface area contributed by atoms with Crippen molar-refractivity contribution >= 4 is 27.7 Å². The number of benzene rings is 1. The molecule has 0 radical (unpaired) electrons. The molecule has 96 valence electrons. The maximum absolute atomic E-state index is 5.81. The van der Waals surface area contributed by atoms with E-state index in [0.29, 0.717) is 0 Å². The fraction of sp³-hybridized carbons (Fsp3) is 0.286. The normalized spacial score (nSPS) is 12.6. The summed E-state index contributed by atoms with van der Waals surface area (Å²) in [4.78, 5) is 0. The Morgan fingerprint density at radius 1 is 1.22 bits per heavy atom. The van der Waals surface area contributed by atoms with Gasteiger partial charge in [0.25, 0.3) is 0 Å². The Morgan fingerprint density at radius 2 is 1.94 bits per heavy atom. The molecule has 0 spiro atoms. The first-order valence-corrected chi connectivity index (χ1v) is 7.78. The van der Waals surface area contributed by atoms with E-state index < -0.39 is 0 Å². The van der Waals surface area contributed by atoms with Crippen molar-refractivity contribution in [2.45, 2.75) is 18.7 Å². The number of hydrogen-bond donors (Lipinski definition) is 1. The average molecular weight is 326 g/mol. The van der Waals surface area contributed by atoms with Gasteiger partial charge in [0.15, 0.2) is 0 Å². The molecule has 2 aromatic rings. The van der Waals surface area contributed by atoms with E-state index in [1.165, 1.54) is 0 Å². The second-order valence-electron chi connectivity index (χ2n) is 4.27. The Bertz CT molecular complexity index is 493. The molecular weight excluding hydrogens is 310 g/mol. The van der Waals surface area contributed by atoms with Crippen molar-refractivity contribution in [3.05, 3.63) is 46.6 Å². The standard InChI is InChI=1S/C14H16BrNOS/c1-10(16)8-18-9-13-6-7-14(17-13)11-2-4-12(15)5-3-11/h2-7,10H,8-9,16H2,1H3. The summed E-state index contributed by atoms with van der Waals surface area (Å²) in [5.74, 6) is 3.74. The Kier molecular flexibility index (Phi) is 4.92. The van der Waals surface area contributed by atoms with E-state index in [1.807, 2.05) is 43.3 Å². The highest BCUT2D eigenvalue weighted by Gasteiger charge is 2.05. The van der Waals surface area contributed by atoms with Crippen LogP contribution < -0.4 is 5.73 Å². The lowest BCUT2D eigenvalue weighted by Gasteiger charge is -2.02. The topological polar surface area (TPSA) is 39.2 Å². The number of furan rings is 1. The van der Waals surface area contributed by atoms with Crippen LogP contribution in [-0.2, 0) is 5.75 Å². The lowest BCUT2D eigenvalue weighted by Crippen LogP contribution is -2.17. The van der Waals surface area contributed by atoms with Gasteiger partial charge in [-0.2, -0.15) is 11.8 Å². The van der Waals surface area contributed by atoms with Gasteiger partial charge in [0.05, 0.1) is 5.75 Å². The Balaban J connectivity index is 1.99. The number of rotatable bonds is 5. The molecule has 1 heterocycles. The maximum Gasteiger partial charge on any atom is 0.134 e. The van der Waals surface area contributed by atoms with Crippen LogP contribution in [0.2, 0.25) is 0 Å². The second-order valence-corrected chi connectivity index (χ2v) is 6.21. The SMILES string of the molecule is CC(N)CSCc1ccc(-c2ccc(Br)cc2)o1. The van der Waals surface area contributed by atoms with Gasteiger partial charge in [0.1, 0.15) is 11.5 Å². The van der Waals surface area contributed by atoms with Gasteiger partial charge >= 0.3 is 0 Å². The molecule has 0 saturated carbocycles. The van der Waals surface area contributed by atoms with Crippen LogP contribution in [0.3, 0.4) is 0 Å². The van der Waals surface area contributed by atoms with E-state index in [0.717, 1.165) is 33.1 Å². The van der Waals surface area contributed by atoms with E-state index in [2.05, 4.69) is 15.9 Å². The van der Waals surface area contributed by atoms with Crippen LogP contribution in [0.1, 0.15) is 12.7 Å². The summed E-state index contributed by atoms with van der Waals surface area (Å²) in [5.41, 5.74) is 6.81. The van der Waals surface area contributed by atoms with Crippen molar-refractivity contribution in [1.29, 1.82) is 0 Å². The molecule has 2 N–H and O–H groups in total. The zero-order valence-electron chi connectivity index (χ0n) is 10.2. The van der Waals surface area contributed by atoms with Gasteiger partial charge in [-0.05, 0) is 31.2 Å². The molecule has 0 fully saturated rings. The van der Waals surface area contributed by atoms with E-state index in [4.69, 9.17) is 10.2 Å². The summed E-state index contributed by atoms with van der Waals surface area (Å²) >= 11 is 5.22. The molecule has 0 aliphatic rings. The molecule has 1 aromatic carbocycles. The highest BCUT2D eigenvalue weighted by Crippen LogP contribution is 2.25. The molecule has 0 saturated heterocycles. The van der Waals surface area contributed by atoms with E-state index in [-0.39, 0.29) is 6.04 Å². The van der Waals surface area contributed by atoms with Crippen LogP contribution in [0.4, 0.5) is 0 Å². The van der Waals surface area contributed by atoms with Crippen molar-refractivity contribution in [2.75, 3.05) is 5.75 Å². The first kappa shape index (κ1) is 13.7. The molecule has 0 aliphatic carbocycles. The van der Waals surface area contributed by atoms with Gasteiger partial charge < -0.3 is 10.2 Å². The molecule has 1 atom stereocenters. The predicted molar refractivity (Wildman–Crippen MR) is 81.7 cm³/mol. The fourth-order valence-electron chi connectivity index (χ4n) is 1.57. The van der Waals surface area contributed by atoms with Gasteiger partial charge in [-0.25, -0.2) is 0 Å². The highest BCUT2D eigenvalue weighted by atomic mass is 79.9. The highest BCUT2D eigenvalue weighted by molar-refractivity contribution is 9.10. The van der Waals surface area contributed by atoms with Crippen molar-refractivity contribution in [3.63, 3.8) is 0 Å². The summed E-state index contributed by atoms with van der Waals surface area (Å²) in [6.07, 6.45) is 0. The van der Waals surface area contributed by atoms with Gasteiger partial charge in [-0.1, -0.05) is 28.1 Å². The van der Waals surface area contributed by atoms with Crippen molar-refractivity contribution in [2.24, 2.45) is 5.73 Å². The van der Waals surface area contributed by atoms with Crippen LogP contribution in [0.5, 0.6) is 0 Å². The lowest BCUT2D eigenvalue weighted by molar-refractivity contribution is 0.544. The minimum atomic E-state index is 0.232. The monoisotopic (exact) mass is 325 g/mol. The minimum Gasteiger partial charge on any atom is -0.460 e. The first-order valence-electron chi connectivity index (χ1n) is 5.83. The third-order valence-electron chi connectivity index (χ3n) is 2.42. The largest absolute Gasteiger partial charge is 0.460 e. The van der Waals surface area contributed by atoms with E-state index in [1.54, 1.807) is 11.8 Å². The van der Waals surface area contributed by atoms with Gasteiger partial charge in [0, 0.05) is 21.8 Å². The van der Waals surface area contributed by atoms with Crippen LogP contribution >= 0.6 is 27.7 Å². The van der Waals surface area contributed by atoms with E-state index >= 15 is 0 Å². The molecule has 4 heteroatoms. The lowest BCUT2D eigenvalue weighted by atomic mass is 10.2. The number of nitrogens with two attached hydrogens (primary N) is 1. The average Bonchev–Trinajstić information content (AvgIpc) is 2.78. The molecule has 1 aromatic heterocycles. The molecule has 18 heavy (non-hydrogen) atoms. The smallest absolute Gasteiger partial charge is 0.134 e. The molecule has 0 bridgehead atoms. The van der Waals surface area contributed by atoms with Crippen molar-refractivity contribution < 1.29 is 4.42 Å². The summed E-state index contributed by atoms with van der Waals surface area (Å²) in [6, 6.07) is 12.4. The Morgan fingerprint density at radius 3 is 2.61 bits per heavy atom. The van der Waals surface area contributed by atoms with Crippen LogP contribution in [0.25, 0.3) is 11.3 Å². The quantitative estimate of drug-likeness (QED) is 0.891. The Hall–Kier alpha value is -0.710. The molecule has 1 unspecified atom stereocenters. The molecular formula is C14H16BrNOS. The van der Waals surface area contributed by atoms with Crippen LogP contribution in [-0.4, -0.2) is 11.8 Å². The molecule has 0 aliphatic heterocycles. The summed E-state index contributed by atoms with van der Waals surface area (Å²) in [6.45, 7) is 2.02. The van der Waals surface area contributed by atoms with Crippen LogP contribution in [0, 0.1) is 0 Å². The molecule has 0 amide bonds. The van der Waals surface area contributed by atoms with Crippen molar-refractivity contribution in [1.82, 2.24) is 0 Å².